The number of hydrogen-bond donors (Lipinski definition) is 1. The molecule has 1 atom stereocenters. The summed E-state index contributed by atoms with van der Waals surface area (Å²) in [5, 5.41) is 3.65. The fourth-order valence-corrected chi connectivity index (χ4v) is 2.40. The summed E-state index contributed by atoms with van der Waals surface area (Å²) in [4.78, 5) is 12.3. The first kappa shape index (κ1) is 17.4. The van der Waals surface area contributed by atoms with E-state index in [1.165, 1.54) is 0 Å². The van der Waals surface area contributed by atoms with Gasteiger partial charge in [-0.25, -0.2) is 0 Å². The third-order valence-corrected chi connectivity index (χ3v) is 3.81. The molecule has 1 unspecified atom stereocenters. The van der Waals surface area contributed by atoms with Crippen LogP contribution in [-0.2, 0) is 11.2 Å². The van der Waals surface area contributed by atoms with Gasteiger partial charge in [-0.2, -0.15) is 0 Å². The summed E-state index contributed by atoms with van der Waals surface area (Å²) >= 11 is 5.86. The van der Waals surface area contributed by atoms with Gasteiger partial charge in [-0.3, -0.25) is 4.79 Å². The Labute approximate surface area is 142 Å². The van der Waals surface area contributed by atoms with Crippen LogP contribution in [0.2, 0.25) is 5.02 Å². The Hall–Kier alpha value is -2.00. The van der Waals surface area contributed by atoms with Crippen molar-refractivity contribution in [2.24, 2.45) is 0 Å². The number of aryl methyl sites for hydroxylation is 1. The van der Waals surface area contributed by atoms with E-state index in [-0.39, 0.29) is 5.91 Å². The molecule has 0 aromatic heterocycles. The van der Waals surface area contributed by atoms with Crippen LogP contribution < -0.4 is 10.1 Å². The van der Waals surface area contributed by atoms with Gasteiger partial charge >= 0.3 is 0 Å². The van der Waals surface area contributed by atoms with Gasteiger partial charge in [0.15, 0.2) is 6.10 Å². The maximum absolute atomic E-state index is 12.3. The van der Waals surface area contributed by atoms with Crippen molar-refractivity contribution in [1.29, 1.82) is 0 Å². The Morgan fingerprint density at radius 1 is 1.22 bits per heavy atom. The monoisotopic (exact) mass is 331 g/mol. The highest BCUT2D eigenvalue weighted by Crippen LogP contribution is 2.15. The second-order valence-corrected chi connectivity index (χ2v) is 5.94. The van der Waals surface area contributed by atoms with Crippen LogP contribution in [0.25, 0.3) is 0 Å². The average Bonchev–Trinajstić information content (AvgIpc) is 2.54. The maximum Gasteiger partial charge on any atom is 0.261 e. The van der Waals surface area contributed by atoms with E-state index in [1.807, 2.05) is 62.4 Å². The molecule has 0 aliphatic rings. The van der Waals surface area contributed by atoms with E-state index >= 15 is 0 Å². The normalized spacial score (nSPS) is 11.8. The zero-order valence-corrected chi connectivity index (χ0v) is 14.3. The lowest BCUT2D eigenvalue weighted by Crippen LogP contribution is -2.38. The second-order valence-electron chi connectivity index (χ2n) is 5.50. The summed E-state index contributed by atoms with van der Waals surface area (Å²) in [6, 6.07) is 15.4. The molecule has 0 saturated carbocycles. The van der Waals surface area contributed by atoms with Gasteiger partial charge in [-0.05, 0) is 55.2 Å². The molecular weight excluding hydrogens is 310 g/mol. The fraction of sp³-hybridized carbons (Fsp3) is 0.316. The molecule has 1 amide bonds. The zero-order valence-electron chi connectivity index (χ0n) is 13.5. The quantitative estimate of drug-likeness (QED) is 0.827. The van der Waals surface area contributed by atoms with Crippen LogP contribution in [0.3, 0.4) is 0 Å². The number of benzene rings is 2. The molecule has 2 rings (SSSR count). The lowest BCUT2D eigenvalue weighted by atomic mass is 10.1. The van der Waals surface area contributed by atoms with Crippen LogP contribution in [0.5, 0.6) is 5.75 Å². The van der Waals surface area contributed by atoms with Gasteiger partial charge in [0, 0.05) is 11.6 Å². The van der Waals surface area contributed by atoms with Crippen LogP contribution in [-0.4, -0.2) is 18.6 Å². The van der Waals surface area contributed by atoms with Crippen molar-refractivity contribution in [3.63, 3.8) is 0 Å². The highest BCUT2D eigenvalue weighted by Gasteiger charge is 2.17. The van der Waals surface area contributed by atoms with Crippen molar-refractivity contribution in [3.05, 3.63) is 64.7 Å². The smallest absolute Gasteiger partial charge is 0.261 e. The number of halogens is 1. The molecule has 2 aromatic carbocycles. The van der Waals surface area contributed by atoms with Crippen molar-refractivity contribution >= 4 is 17.5 Å². The first-order chi connectivity index (χ1) is 11.1. The van der Waals surface area contributed by atoms with Gasteiger partial charge < -0.3 is 10.1 Å². The molecule has 2 aromatic rings. The van der Waals surface area contributed by atoms with Crippen LogP contribution in [0.4, 0.5) is 0 Å². The minimum Gasteiger partial charge on any atom is -0.481 e. The number of amides is 1. The summed E-state index contributed by atoms with van der Waals surface area (Å²) in [6.45, 7) is 4.52. The number of hydrogen-bond acceptors (Lipinski definition) is 2. The van der Waals surface area contributed by atoms with Crippen LogP contribution >= 0.6 is 11.6 Å². The molecule has 23 heavy (non-hydrogen) atoms. The van der Waals surface area contributed by atoms with Crippen molar-refractivity contribution in [2.45, 2.75) is 32.8 Å². The van der Waals surface area contributed by atoms with Gasteiger partial charge in [0.1, 0.15) is 5.75 Å². The molecule has 0 radical (unpaired) electrons. The van der Waals surface area contributed by atoms with E-state index in [2.05, 4.69) is 5.32 Å². The molecule has 0 aliphatic carbocycles. The summed E-state index contributed by atoms with van der Waals surface area (Å²) in [7, 11) is 0. The molecule has 0 heterocycles. The first-order valence-corrected chi connectivity index (χ1v) is 8.21. The minimum atomic E-state index is -0.470. The molecular formula is C19H22ClNO2. The number of rotatable bonds is 7. The van der Waals surface area contributed by atoms with E-state index in [4.69, 9.17) is 16.3 Å². The van der Waals surface area contributed by atoms with Gasteiger partial charge in [0.25, 0.3) is 5.91 Å². The second kappa shape index (κ2) is 8.59. The van der Waals surface area contributed by atoms with Crippen LogP contribution in [0.1, 0.15) is 24.5 Å². The number of carbonyl (C=O) groups is 1. The Morgan fingerprint density at radius 2 is 1.96 bits per heavy atom. The molecule has 0 fully saturated rings. The Morgan fingerprint density at radius 3 is 2.61 bits per heavy atom. The lowest BCUT2D eigenvalue weighted by molar-refractivity contribution is -0.128. The molecule has 4 heteroatoms. The van der Waals surface area contributed by atoms with Gasteiger partial charge in [-0.15, -0.1) is 0 Å². The third-order valence-electron chi connectivity index (χ3n) is 3.56. The lowest BCUT2D eigenvalue weighted by Gasteiger charge is -2.17. The SMILES string of the molecule is CCC(Oc1cccc(C)c1)C(=O)NCCc1ccc(Cl)cc1. The van der Waals surface area contributed by atoms with Crippen LogP contribution in [0, 0.1) is 6.92 Å². The maximum atomic E-state index is 12.3. The minimum absolute atomic E-state index is 0.0806. The number of nitrogens with one attached hydrogen (secondary N) is 1. The summed E-state index contributed by atoms with van der Waals surface area (Å²) in [6.07, 6.45) is 0.923. The van der Waals surface area contributed by atoms with E-state index < -0.39 is 6.10 Å². The van der Waals surface area contributed by atoms with Gasteiger partial charge in [0.2, 0.25) is 0 Å². The third kappa shape index (κ3) is 5.61. The summed E-state index contributed by atoms with van der Waals surface area (Å²) in [5.41, 5.74) is 2.25. The number of carbonyl (C=O) groups excluding carboxylic acids is 1. The first-order valence-electron chi connectivity index (χ1n) is 7.84. The van der Waals surface area contributed by atoms with Gasteiger partial charge in [-0.1, -0.05) is 42.8 Å². The summed E-state index contributed by atoms with van der Waals surface area (Å²) in [5.74, 6) is 0.646. The molecule has 1 N–H and O–H groups in total. The highest BCUT2D eigenvalue weighted by molar-refractivity contribution is 6.30. The topological polar surface area (TPSA) is 38.3 Å². The molecule has 0 spiro atoms. The summed E-state index contributed by atoms with van der Waals surface area (Å²) < 4.78 is 5.80. The number of ether oxygens (including phenoxy) is 1. The van der Waals surface area contributed by atoms with Crippen molar-refractivity contribution < 1.29 is 9.53 Å². The van der Waals surface area contributed by atoms with Gasteiger partial charge in [0.05, 0.1) is 0 Å². The van der Waals surface area contributed by atoms with Crippen molar-refractivity contribution in [2.75, 3.05) is 6.54 Å². The molecule has 122 valence electrons. The zero-order chi connectivity index (χ0) is 16.7. The predicted molar refractivity (Wildman–Crippen MR) is 94.1 cm³/mol. The van der Waals surface area contributed by atoms with E-state index in [0.717, 1.165) is 28.3 Å². The predicted octanol–water partition coefficient (Wildman–Crippen LogP) is 4.16. The molecule has 0 saturated heterocycles. The highest BCUT2D eigenvalue weighted by atomic mass is 35.5. The molecule has 0 aliphatic heterocycles. The average molecular weight is 332 g/mol. The Balaban J connectivity index is 1.83. The Kier molecular flexibility index (Phi) is 6.48. The van der Waals surface area contributed by atoms with Crippen LogP contribution in [0.15, 0.2) is 48.5 Å². The Bertz CT molecular complexity index is 640. The van der Waals surface area contributed by atoms with E-state index in [1.54, 1.807) is 0 Å². The molecule has 3 nitrogen and oxygen atoms in total. The van der Waals surface area contributed by atoms with E-state index in [0.29, 0.717) is 13.0 Å². The van der Waals surface area contributed by atoms with E-state index in [9.17, 15) is 4.79 Å². The largest absolute Gasteiger partial charge is 0.481 e. The van der Waals surface area contributed by atoms with Crippen molar-refractivity contribution in [3.8, 4) is 5.75 Å². The fourth-order valence-electron chi connectivity index (χ4n) is 2.27. The standard InChI is InChI=1S/C19H22ClNO2/c1-3-18(23-17-6-4-5-14(2)13-17)19(22)21-12-11-15-7-9-16(20)10-8-15/h4-10,13,18H,3,11-12H2,1-2H3,(H,21,22). The van der Waals surface area contributed by atoms with Crippen molar-refractivity contribution in [1.82, 2.24) is 5.32 Å². The molecule has 0 bridgehead atoms.